The fraction of sp³-hybridized carbons (Fsp3) is 0.125. The third-order valence-corrected chi connectivity index (χ3v) is 4.79. The zero-order valence-corrected chi connectivity index (χ0v) is 12.1. The Labute approximate surface area is 126 Å². The molecule has 4 rings (SSSR count). The van der Waals surface area contributed by atoms with Crippen molar-refractivity contribution >= 4 is 17.2 Å². The molecule has 3 aromatic rings. The molecule has 4 nitrogen and oxygen atoms in total. The molecule has 0 atom stereocenters. The second-order valence-electron chi connectivity index (χ2n) is 4.91. The van der Waals surface area contributed by atoms with Gasteiger partial charge in [0.25, 0.3) is 0 Å². The predicted molar refractivity (Wildman–Crippen MR) is 84.4 cm³/mol. The number of nitrogens with two attached hydrogens (primary N) is 1. The summed E-state index contributed by atoms with van der Waals surface area (Å²) < 4.78 is 5.79. The van der Waals surface area contributed by atoms with Crippen LogP contribution in [0.5, 0.6) is 5.75 Å². The van der Waals surface area contributed by atoms with Crippen LogP contribution in [0.1, 0.15) is 5.56 Å². The first-order valence-corrected chi connectivity index (χ1v) is 7.55. The van der Waals surface area contributed by atoms with Gasteiger partial charge < -0.3 is 10.5 Å². The second kappa shape index (κ2) is 4.86. The fourth-order valence-corrected chi connectivity index (χ4v) is 3.70. The van der Waals surface area contributed by atoms with E-state index in [0.29, 0.717) is 12.4 Å². The summed E-state index contributed by atoms with van der Waals surface area (Å²) >= 11 is 1.75. The van der Waals surface area contributed by atoms with E-state index < -0.39 is 0 Å². The average Bonchev–Trinajstić information content (AvgIpc) is 2.85. The van der Waals surface area contributed by atoms with Crippen LogP contribution in [0.2, 0.25) is 0 Å². The zero-order chi connectivity index (χ0) is 14.2. The molecule has 21 heavy (non-hydrogen) atoms. The number of pyridine rings is 2. The molecule has 4 heterocycles. The van der Waals surface area contributed by atoms with E-state index in [1.807, 2.05) is 30.6 Å². The van der Waals surface area contributed by atoms with Gasteiger partial charge in [-0.25, -0.2) is 4.98 Å². The minimum absolute atomic E-state index is 0.541. The van der Waals surface area contributed by atoms with Crippen LogP contribution < -0.4 is 10.5 Å². The number of nitrogens with zero attached hydrogens (tertiary/aromatic N) is 2. The number of aromatic nitrogens is 2. The van der Waals surface area contributed by atoms with Gasteiger partial charge in [0.1, 0.15) is 11.6 Å². The maximum absolute atomic E-state index is 5.79. The van der Waals surface area contributed by atoms with Crippen molar-refractivity contribution in [1.82, 2.24) is 9.97 Å². The molecule has 0 aromatic carbocycles. The second-order valence-corrected chi connectivity index (χ2v) is 5.96. The lowest BCUT2D eigenvalue weighted by Gasteiger charge is -2.05. The van der Waals surface area contributed by atoms with E-state index >= 15 is 0 Å². The van der Waals surface area contributed by atoms with Gasteiger partial charge in [-0.2, -0.15) is 0 Å². The molecule has 0 aliphatic carbocycles. The van der Waals surface area contributed by atoms with Crippen molar-refractivity contribution in [2.45, 2.75) is 6.42 Å². The number of nitrogen functional groups attached to an aromatic ring is 1. The van der Waals surface area contributed by atoms with E-state index in [1.165, 1.54) is 15.3 Å². The van der Waals surface area contributed by atoms with Gasteiger partial charge in [0.2, 0.25) is 0 Å². The van der Waals surface area contributed by atoms with Crippen LogP contribution in [-0.2, 0) is 6.42 Å². The number of ether oxygens (including phenoxy) is 1. The molecule has 0 bridgehead atoms. The highest BCUT2D eigenvalue weighted by molar-refractivity contribution is 7.19. The lowest BCUT2D eigenvalue weighted by Crippen LogP contribution is -1.98. The SMILES string of the molecule is Nc1ccc(-c2cc3c(s2)-c2cnccc2OCC3)cn1. The van der Waals surface area contributed by atoms with E-state index in [9.17, 15) is 0 Å². The highest BCUT2D eigenvalue weighted by atomic mass is 32.1. The molecular weight excluding hydrogens is 282 g/mol. The monoisotopic (exact) mass is 295 g/mol. The molecular formula is C16H13N3OS. The summed E-state index contributed by atoms with van der Waals surface area (Å²) in [5.41, 5.74) is 9.12. The minimum atomic E-state index is 0.541. The summed E-state index contributed by atoms with van der Waals surface area (Å²) in [5, 5.41) is 0. The highest BCUT2D eigenvalue weighted by Gasteiger charge is 2.19. The van der Waals surface area contributed by atoms with Gasteiger partial charge in [0.05, 0.1) is 12.2 Å². The molecule has 0 radical (unpaired) electrons. The molecule has 0 saturated heterocycles. The molecule has 1 aliphatic heterocycles. The van der Waals surface area contributed by atoms with Gasteiger partial charge >= 0.3 is 0 Å². The van der Waals surface area contributed by atoms with Crippen molar-refractivity contribution in [3.05, 3.63) is 48.4 Å². The van der Waals surface area contributed by atoms with E-state index in [-0.39, 0.29) is 0 Å². The molecule has 3 aromatic heterocycles. The van der Waals surface area contributed by atoms with Gasteiger partial charge in [-0.15, -0.1) is 11.3 Å². The smallest absolute Gasteiger partial charge is 0.131 e. The van der Waals surface area contributed by atoms with Crippen LogP contribution >= 0.6 is 11.3 Å². The molecule has 0 fully saturated rings. The first kappa shape index (κ1) is 12.3. The van der Waals surface area contributed by atoms with Crippen molar-refractivity contribution in [3.8, 4) is 26.6 Å². The summed E-state index contributed by atoms with van der Waals surface area (Å²) in [6, 6.07) is 7.99. The maximum Gasteiger partial charge on any atom is 0.131 e. The lowest BCUT2D eigenvalue weighted by atomic mass is 10.1. The summed E-state index contributed by atoms with van der Waals surface area (Å²) in [7, 11) is 0. The third kappa shape index (κ3) is 2.15. The fourth-order valence-electron chi connectivity index (χ4n) is 2.48. The van der Waals surface area contributed by atoms with Crippen molar-refractivity contribution in [3.63, 3.8) is 0 Å². The molecule has 2 N–H and O–H groups in total. The van der Waals surface area contributed by atoms with Crippen LogP contribution in [0.15, 0.2) is 42.9 Å². The number of fused-ring (bicyclic) bond motifs is 3. The van der Waals surface area contributed by atoms with Gasteiger partial charge in [0, 0.05) is 40.3 Å². The molecule has 0 spiro atoms. The first-order chi connectivity index (χ1) is 10.3. The largest absolute Gasteiger partial charge is 0.492 e. The van der Waals surface area contributed by atoms with Crippen molar-refractivity contribution in [2.75, 3.05) is 12.3 Å². The summed E-state index contributed by atoms with van der Waals surface area (Å²) in [5.74, 6) is 1.45. The van der Waals surface area contributed by atoms with Crippen LogP contribution in [-0.4, -0.2) is 16.6 Å². The first-order valence-electron chi connectivity index (χ1n) is 6.73. The Bertz CT molecular complexity index is 796. The topological polar surface area (TPSA) is 61.0 Å². The Balaban J connectivity index is 1.85. The Morgan fingerprint density at radius 2 is 2.14 bits per heavy atom. The Morgan fingerprint density at radius 3 is 3.00 bits per heavy atom. The standard InChI is InChI=1S/C16H13N3OS/c17-15-2-1-11(8-19-15)14-7-10-4-6-20-13-3-5-18-9-12(13)16(10)21-14/h1-3,5,7-9H,4,6H2,(H2,17,19). The zero-order valence-electron chi connectivity index (χ0n) is 11.2. The van der Waals surface area contributed by atoms with Crippen molar-refractivity contribution < 1.29 is 4.74 Å². The molecule has 104 valence electrons. The number of hydrogen-bond acceptors (Lipinski definition) is 5. The Hall–Kier alpha value is -2.40. The predicted octanol–water partition coefficient (Wildman–Crippen LogP) is 3.39. The Kier molecular flexibility index (Phi) is 2.86. The van der Waals surface area contributed by atoms with Crippen molar-refractivity contribution in [1.29, 1.82) is 0 Å². The summed E-state index contributed by atoms with van der Waals surface area (Å²) in [6.45, 7) is 0.695. The van der Waals surface area contributed by atoms with Gasteiger partial charge in [0.15, 0.2) is 0 Å². The van der Waals surface area contributed by atoms with Crippen LogP contribution in [0.4, 0.5) is 5.82 Å². The average molecular weight is 295 g/mol. The normalized spacial score (nSPS) is 13.0. The maximum atomic E-state index is 5.79. The van der Waals surface area contributed by atoms with Crippen LogP contribution in [0.3, 0.4) is 0 Å². The minimum Gasteiger partial charge on any atom is -0.492 e. The molecule has 5 heteroatoms. The third-order valence-electron chi connectivity index (χ3n) is 3.53. The van der Waals surface area contributed by atoms with Gasteiger partial charge in [-0.1, -0.05) is 0 Å². The highest BCUT2D eigenvalue weighted by Crippen LogP contribution is 2.43. The van der Waals surface area contributed by atoms with E-state index in [0.717, 1.165) is 23.3 Å². The Morgan fingerprint density at radius 1 is 1.19 bits per heavy atom. The van der Waals surface area contributed by atoms with E-state index in [2.05, 4.69) is 16.0 Å². The number of rotatable bonds is 1. The number of hydrogen-bond donors (Lipinski definition) is 1. The lowest BCUT2D eigenvalue weighted by molar-refractivity contribution is 0.326. The summed E-state index contributed by atoms with van der Waals surface area (Å²) in [6.07, 6.45) is 6.37. The van der Waals surface area contributed by atoms with Crippen LogP contribution in [0.25, 0.3) is 20.9 Å². The number of thiophene rings is 1. The molecule has 1 aliphatic rings. The molecule has 0 saturated carbocycles. The summed E-state index contributed by atoms with van der Waals surface area (Å²) in [4.78, 5) is 10.8. The van der Waals surface area contributed by atoms with E-state index in [4.69, 9.17) is 10.5 Å². The van der Waals surface area contributed by atoms with Crippen molar-refractivity contribution in [2.24, 2.45) is 0 Å². The number of anilines is 1. The van der Waals surface area contributed by atoms with E-state index in [1.54, 1.807) is 17.5 Å². The quantitative estimate of drug-likeness (QED) is 0.747. The van der Waals surface area contributed by atoms with Gasteiger partial charge in [-0.3, -0.25) is 4.98 Å². The molecule has 0 amide bonds. The van der Waals surface area contributed by atoms with Crippen LogP contribution in [0, 0.1) is 0 Å². The molecule has 0 unspecified atom stereocenters. The van der Waals surface area contributed by atoms with Gasteiger partial charge in [-0.05, 0) is 29.8 Å².